The Morgan fingerprint density at radius 2 is 2.09 bits per heavy atom. The van der Waals surface area contributed by atoms with Crippen molar-refractivity contribution in [2.24, 2.45) is 0 Å². The first-order chi connectivity index (χ1) is 15.5. The van der Waals surface area contributed by atoms with Crippen molar-refractivity contribution in [3.63, 3.8) is 0 Å². The molecule has 32 heavy (non-hydrogen) atoms. The van der Waals surface area contributed by atoms with Gasteiger partial charge in [-0.1, -0.05) is 0 Å². The van der Waals surface area contributed by atoms with E-state index >= 15 is 0 Å². The summed E-state index contributed by atoms with van der Waals surface area (Å²) in [6, 6.07) is 9.80. The molecule has 164 valence electrons. The molecule has 8 nitrogen and oxygen atoms in total. The number of allylic oxidation sites excluding steroid dienone is 1. The van der Waals surface area contributed by atoms with Gasteiger partial charge in [0.1, 0.15) is 30.3 Å². The zero-order chi connectivity index (χ0) is 22.9. The van der Waals surface area contributed by atoms with Gasteiger partial charge in [-0.05, 0) is 43.7 Å². The van der Waals surface area contributed by atoms with Gasteiger partial charge in [0.2, 0.25) is 5.91 Å². The molecule has 0 unspecified atom stereocenters. The number of nitriles is 1. The first-order valence-electron chi connectivity index (χ1n) is 9.91. The van der Waals surface area contributed by atoms with E-state index in [1.54, 1.807) is 37.3 Å². The molecule has 3 aromatic rings. The number of nitrogens with zero attached hydrogens (tertiary/aromatic N) is 3. The zero-order valence-corrected chi connectivity index (χ0v) is 17.7. The summed E-state index contributed by atoms with van der Waals surface area (Å²) < 4.78 is 24.7. The summed E-state index contributed by atoms with van der Waals surface area (Å²) >= 11 is 0. The lowest BCUT2D eigenvalue weighted by Gasteiger charge is -2.15. The summed E-state index contributed by atoms with van der Waals surface area (Å²) in [5.41, 5.74) is 2.12. The number of anilines is 3. The van der Waals surface area contributed by atoms with Crippen LogP contribution >= 0.6 is 0 Å². The van der Waals surface area contributed by atoms with Crippen LogP contribution in [0, 0.1) is 24.1 Å². The molecule has 0 saturated carbocycles. The molecular weight excluding hydrogens is 413 g/mol. The molecule has 0 saturated heterocycles. The van der Waals surface area contributed by atoms with Crippen LogP contribution in [-0.2, 0) is 9.53 Å². The van der Waals surface area contributed by atoms with E-state index in [-0.39, 0.29) is 12.4 Å². The van der Waals surface area contributed by atoms with Crippen LogP contribution in [0.4, 0.5) is 21.6 Å². The highest BCUT2D eigenvalue weighted by atomic mass is 19.1. The maximum absolute atomic E-state index is 13.6. The zero-order valence-electron chi connectivity index (χ0n) is 17.7. The van der Waals surface area contributed by atoms with Crippen molar-refractivity contribution in [2.45, 2.75) is 13.8 Å². The van der Waals surface area contributed by atoms with Crippen LogP contribution < -0.4 is 15.4 Å². The van der Waals surface area contributed by atoms with Gasteiger partial charge in [-0.3, -0.25) is 4.79 Å². The molecule has 9 heteroatoms. The Bertz CT molecular complexity index is 1190. The summed E-state index contributed by atoms with van der Waals surface area (Å²) in [4.78, 5) is 20.8. The highest BCUT2D eigenvalue weighted by Crippen LogP contribution is 2.33. The SMILES string of the molecule is CCOCCOc1cc2ncnc(Nc3ccc(F)c(C)c3)c2cc1NC(=O)/C=C\C#N. The molecular formula is C23H22FN5O3. The largest absolute Gasteiger partial charge is 0.489 e. The second-order valence-electron chi connectivity index (χ2n) is 6.67. The Balaban J connectivity index is 1.98. The van der Waals surface area contributed by atoms with E-state index in [0.717, 1.165) is 12.2 Å². The fourth-order valence-electron chi connectivity index (χ4n) is 2.90. The summed E-state index contributed by atoms with van der Waals surface area (Å²) in [6.07, 6.45) is 3.61. The van der Waals surface area contributed by atoms with E-state index in [0.29, 0.717) is 52.6 Å². The monoisotopic (exact) mass is 435 g/mol. The number of halogens is 1. The summed E-state index contributed by atoms with van der Waals surface area (Å²) in [6.45, 7) is 4.79. The summed E-state index contributed by atoms with van der Waals surface area (Å²) in [5, 5.41) is 15.1. The maximum Gasteiger partial charge on any atom is 0.249 e. The van der Waals surface area contributed by atoms with Gasteiger partial charge >= 0.3 is 0 Å². The van der Waals surface area contributed by atoms with Crippen LogP contribution in [0.25, 0.3) is 10.9 Å². The van der Waals surface area contributed by atoms with E-state index in [1.165, 1.54) is 12.4 Å². The normalized spacial score (nSPS) is 10.8. The first-order valence-corrected chi connectivity index (χ1v) is 9.91. The predicted molar refractivity (Wildman–Crippen MR) is 119 cm³/mol. The van der Waals surface area contributed by atoms with Crippen LogP contribution in [0.1, 0.15) is 12.5 Å². The van der Waals surface area contributed by atoms with Crippen molar-refractivity contribution in [3.8, 4) is 11.8 Å². The van der Waals surface area contributed by atoms with E-state index in [1.807, 2.05) is 6.92 Å². The molecule has 1 heterocycles. The predicted octanol–water partition coefficient (Wildman–Crippen LogP) is 4.25. The topological polar surface area (TPSA) is 109 Å². The van der Waals surface area contributed by atoms with Gasteiger partial charge in [0.25, 0.3) is 0 Å². The Morgan fingerprint density at radius 3 is 2.84 bits per heavy atom. The number of carbonyl (C=O) groups excluding carboxylic acids is 1. The standard InChI is InChI=1S/C23H22FN5O3/c1-3-31-9-10-32-21-13-19-17(12-20(21)29-22(30)5-4-8-25)23(27-14-26-19)28-16-6-7-18(24)15(2)11-16/h4-7,11-14H,3,9-10H2,1-2H3,(H,29,30)(H,26,27,28)/b5-4-. The molecule has 2 aromatic carbocycles. The number of benzene rings is 2. The second-order valence-corrected chi connectivity index (χ2v) is 6.67. The molecule has 0 aliphatic heterocycles. The van der Waals surface area contributed by atoms with Crippen LogP contribution in [0.2, 0.25) is 0 Å². The third-order valence-electron chi connectivity index (χ3n) is 4.41. The molecule has 2 N–H and O–H groups in total. The second kappa shape index (κ2) is 10.8. The van der Waals surface area contributed by atoms with Crippen LogP contribution in [-0.4, -0.2) is 35.7 Å². The number of aromatic nitrogens is 2. The van der Waals surface area contributed by atoms with E-state index < -0.39 is 5.91 Å². The highest BCUT2D eigenvalue weighted by Gasteiger charge is 2.13. The number of hydrogen-bond acceptors (Lipinski definition) is 7. The van der Waals surface area contributed by atoms with Crippen LogP contribution in [0.5, 0.6) is 5.75 Å². The van der Waals surface area contributed by atoms with Gasteiger partial charge in [0, 0.05) is 35.9 Å². The Morgan fingerprint density at radius 1 is 1.25 bits per heavy atom. The van der Waals surface area contributed by atoms with Crippen molar-refractivity contribution < 1.29 is 18.7 Å². The number of ether oxygens (including phenoxy) is 2. The molecule has 3 rings (SSSR count). The average Bonchev–Trinajstić information content (AvgIpc) is 2.78. The number of carbonyl (C=O) groups is 1. The number of rotatable bonds is 9. The number of fused-ring (bicyclic) bond motifs is 1. The smallest absolute Gasteiger partial charge is 0.249 e. The Labute approximate surface area is 184 Å². The minimum atomic E-state index is -0.485. The minimum absolute atomic E-state index is 0.279. The van der Waals surface area contributed by atoms with Gasteiger partial charge in [0.05, 0.1) is 23.9 Å². The molecule has 0 aliphatic rings. The third kappa shape index (κ3) is 5.77. The maximum atomic E-state index is 13.6. The fraction of sp³-hybridized carbons (Fsp3) is 0.217. The Hall–Kier alpha value is -4.03. The van der Waals surface area contributed by atoms with Crippen molar-refractivity contribution in [1.29, 1.82) is 5.26 Å². The highest BCUT2D eigenvalue weighted by molar-refractivity contribution is 6.03. The van der Waals surface area contributed by atoms with Crippen molar-refractivity contribution in [1.82, 2.24) is 9.97 Å². The van der Waals surface area contributed by atoms with Crippen molar-refractivity contribution in [2.75, 3.05) is 30.5 Å². The molecule has 0 spiro atoms. The van der Waals surface area contributed by atoms with Gasteiger partial charge < -0.3 is 20.1 Å². The van der Waals surface area contributed by atoms with Gasteiger partial charge in [-0.15, -0.1) is 0 Å². The number of aryl methyl sites for hydroxylation is 1. The molecule has 1 aromatic heterocycles. The quantitative estimate of drug-likeness (QED) is 0.294. The summed E-state index contributed by atoms with van der Waals surface area (Å²) in [5.74, 6) is 0.0940. The first kappa shape index (κ1) is 22.7. The van der Waals surface area contributed by atoms with Crippen molar-refractivity contribution >= 4 is 34.0 Å². The lowest BCUT2D eigenvalue weighted by molar-refractivity contribution is -0.111. The van der Waals surface area contributed by atoms with Crippen LogP contribution in [0.3, 0.4) is 0 Å². The van der Waals surface area contributed by atoms with Gasteiger partial charge in [0.15, 0.2) is 0 Å². The fourth-order valence-corrected chi connectivity index (χ4v) is 2.90. The lowest BCUT2D eigenvalue weighted by atomic mass is 10.1. The van der Waals surface area contributed by atoms with E-state index in [2.05, 4.69) is 20.6 Å². The summed E-state index contributed by atoms with van der Waals surface area (Å²) in [7, 11) is 0. The molecule has 0 radical (unpaired) electrons. The average molecular weight is 435 g/mol. The van der Waals surface area contributed by atoms with Crippen molar-refractivity contribution in [3.05, 3.63) is 60.2 Å². The number of hydrogen-bond donors (Lipinski definition) is 2. The lowest BCUT2D eigenvalue weighted by Crippen LogP contribution is -2.12. The molecule has 1 amide bonds. The molecule has 0 atom stereocenters. The minimum Gasteiger partial charge on any atom is -0.489 e. The number of nitrogens with one attached hydrogen (secondary N) is 2. The van der Waals surface area contributed by atoms with E-state index in [4.69, 9.17) is 14.7 Å². The van der Waals surface area contributed by atoms with Gasteiger partial charge in [-0.25, -0.2) is 14.4 Å². The third-order valence-corrected chi connectivity index (χ3v) is 4.41. The van der Waals surface area contributed by atoms with Crippen LogP contribution in [0.15, 0.2) is 48.8 Å². The molecule has 0 fully saturated rings. The van der Waals surface area contributed by atoms with Gasteiger partial charge in [-0.2, -0.15) is 5.26 Å². The Kier molecular flexibility index (Phi) is 7.67. The molecule has 0 bridgehead atoms. The van der Waals surface area contributed by atoms with E-state index in [9.17, 15) is 9.18 Å². The molecule has 0 aliphatic carbocycles. The number of amides is 1.